The largest absolute Gasteiger partial charge is 0.480 e. The summed E-state index contributed by atoms with van der Waals surface area (Å²) in [5, 5.41) is 13.8. The maximum Gasteiger partial charge on any atom is 0.320 e. The van der Waals surface area contributed by atoms with Gasteiger partial charge in [-0.3, -0.25) is 4.79 Å². The molecule has 0 radical (unpaired) electrons. The highest BCUT2D eigenvalue weighted by molar-refractivity contribution is 7.86. The van der Waals surface area contributed by atoms with Crippen LogP contribution in [0.3, 0.4) is 0 Å². The van der Waals surface area contributed by atoms with Gasteiger partial charge in [-0.25, -0.2) is 5.14 Å². The molecule has 1 fully saturated rings. The van der Waals surface area contributed by atoms with Crippen LogP contribution in [0.4, 0.5) is 0 Å². The zero-order valence-electron chi connectivity index (χ0n) is 9.99. The van der Waals surface area contributed by atoms with E-state index in [9.17, 15) is 13.2 Å². The fraction of sp³-hybridized carbons (Fsp3) is 0.889. The van der Waals surface area contributed by atoms with E-state index in [4.69, 9.17) is 20.7 Å². The Hall–Kier alpha value is -0.740. The summed E-state index contributed by atoms with van der Waals surface area (Å²) in [6, 6.07) is -1.33. The van der Waals surface area contributed by atoms with E-state index in [1.807, 2.05) is 0 Å². The summed E-state index contributed by atoms with van der Waals surface area (Å²) in [5.41, 5.74) is 5.35. The van der Waals surface area contributed by atoms with E-state index >= 15 is 0 Å². The van der Waals surface area contributed by atoms with Crippen molar-refractivity contribution in [3.05, 3.63) is 0 Å². The molecule has 18 heavy (non-hydrogen) atoms. The van der Waals surface area contributed by atoms with Gasteiger partial charge in [-0.15, -0.1) is 0 Å². The molecule has 0 aromatic rings. The molecule has 8 nitrogen and oxygen atoms in total. The van der Waals surface area contributed by atoms with Crippen molar-refractivity contribution < 1.29 is 23.1 Å². The Bertz CT molecular complexity index is 380. The summed E-state index contributed by atoms with van der Waals surface area (Å²) >= 11 is 0. The molecule has 0 spiro atoms. The number of hydrogen-bond donors (Lipinski definition) is 3. The average molecular weight is 281 g/mol. The van der Waals surface area contributed by atoms with Gasteiger partial charge in [0.25, 0.3) is 10.2 Å². The topological polar surface area (TPSA) is 136 Å². The van der Waals surface area contributed by atoms with Crippen molar-refractivity contribution in [3.63, 3.8) is 0 Å². The summed E-state index contributed by atoms with van der Waals surface area (Å²) in [6.07, 6.45) is 1.14. The third-order valence-corrected chi connectivity index (χ3v) is 4.04. The van der Waals surface area contributed by atoms with E-state index in [0.29, 0.717) is 26.1 Å². The first kappa shape index (κ1) is 15.3. The summed E-state index contributed by atoms with van der Waals surface area (Å²) in [5.74, 6) is -1.16. The van der Waals surface area contributed by atoms with Gasteiger partial charge in [0, 0.05) is 25.8 Å². The zero-order chi connectivity index (χ0) is 13.8. The first-order chi connectivity index (χ1) is 8.32. The maximum atomic E-state index is 11.5. The lowest BCUT2D eigenvalue weighted by Crippen LogP contribution is -2.48. The Kier molecular flexibility index (Phi) is 5.47. The van der Waals surface area contributed by atoms with Crippen molar-refractivity contribution in [2.24, 2.45) is 10.9 Å². The molecule has 1 atom stereocenters. The molecule has 1 aliphatic rings. The number of rotatable bonds is 6. The Morgan fingerprint density at radius 1 is 1.44 bits per heavy atom. The summed E-state index contributed by atoms with van der Waals surface area (Å²) in [6.45, 7) is 0.959. The van der Waals surface area contributed by atoms with Crippen molar-refractivity contribution in [2.45, 2.75) is 31.3 Å². The van der Waals surface area contributed by atoms with Crippen molar-refractivity contribution in [3.8, 4) is 0 Å². The van der Waals surface area contributed by atoms with E-state index in [2.05, 4.69) is 0 Å². The third-order valence-electron chi connectivity index (χ3n) is 2.90. The number of carboxylic acid groups (broad SMARTS) is 1. The van der Waals surface area contributed by atoms with Gasteiger partial charge in [0.15, 0.2) is 0 Å². The minimum absolute atomic E-state index is 0.0109. The van der Waals surface area contributed by atoms with Crippen molar-refractivity contribution in [1.29, 1.82) is 0 Å². The smallest absolute Gasteiger partial charge is 0.320 e. The van der Waals surface area contributed by atoms with Gasteiger partial charge in [-0.05, 0) is 19.3 Å². The minimum Gasteiger partial charge on any atom is -0.480 e. The summed E-state index contributed by atoms with van der Waals surface area (Å²) in [4.78, 5) is 10.6. The molecular formula is C9H19N3O5S. The van der Waals surface area contributed by atoms with Crippen LogP contribution in [-0.4, -0.2) is 55.6 Å². The minimum atomic E-state index is -3.86. The lowest BCUT2D eigenvalue weighted by atomic mass is 10.1. The van der Waals surface area contributed by atoms with E-state index in [0.717, 1.165) is 4.31 Å². The number of hydrogen-bond acceptors (Lipinski definition) is 5. The van der Waals surface area contributed by atoms with Gasteiger partial charge in [-0.2, -0.15) is 12.7 Å². The second-order valence-corrected chi connectivity index (χ2v) is 5.73. The van der Waals surface area contributed by atoms with Crippen LogP contribution >= 0.6 is 0 Å². The van der Waals surface area contributed by atoms with Crippen molar-refractivity contribution >= 4 is 16.2 Å². The Balaban J connectivity index is 2.64. The number of aliphatic carboxylic acids is 1. The van der Waals surface area contributed by atoms with Gasteiger partial charge in [0.2, 0.25) is 0 Å². The molecule has 0 aromatic heterocycles. The first-order valence-corrected chi connectivity index (χ1v) is 7.18. The van der Waals surface area contributed by atoms with E-state index in [1.54, 1.807) is 0 Å². The fourth-order valence-corrected chi connectivity index (χ4v) is 2.87. The third kappa shape index (κ3) is 4.50. The molecule has 0 bridgehead atoms. The summed E-state index contributed by atoms with van der Waals surface area (Å²) < 4.78 is 29.2. The molecule has 1 aliphatic heterocycles. The Morgan fingerprint density at radius 2 is 2.00 bits per heavy atom. The second kappa shape index (κ2) is 6.43. The van der Waals surface area contributed by atoms with E-state index in [-0.39, 0.29) is 19.0 Å². The Morgan fingerprint density at radius 3 is 2.44 bits per heavy atom. The maximum absolute atomic E-state index is 11.5. The SMILES string of the molecule is N[C@@H](CCN(C1CCOCC1)S(N)(=O)=O)C(=O)O. The predicted octanol–water partition coefficient (Wildman–Crippen LogP) is -1.53. The predicted molar refractivity (Wildman–Crippen MR) is 63.9 cm³/mol. The molecule has 0 aliphatic carbocycles. The van der Waals surface area contributed by atoms with Gasteiger partial charge in [0.1, 0.15) is 6.04 Å². The monoisotopic (exact) mass is 281 g/mol. The lowest BCUT2D eigenvalue weighted by molar-refractivity contribution is -0.138. The molecular weight excluding hydrogens is 262 g/mol. The van der Waals surface area contributed by atoms with Crippen LogP contribution in [0.25, 0.3) is 0 Å². The molecule has 1 rings (SSSR count). The molecule has 5 N–H and O–H groups in total. The molecule has 1 heterocycles. The zero-order valence-corrected chi connectivity index (χ0v) is 10.8. The van der Waals surface area contributed by atoms with Gasteiger partial charge in [0.05, 0.1) is 0 Å². The highest BCUT2D eigenvalue weighted by atomic mass is 32.2. The van der Waals surface area contributed by atoms with Crippen molar-refractivity contribution in [1.82, 2.24) is 4.31 Å². The quantitative estimate of drug-likeness (QED) is 0.540. The van der Waals surface area contributed by atoms with Crippen LogP contribution in [0.5, 0.6) is 0 Å². The molecule has 0 aromatic carbocycles. The number of carboxylic acids is 1. The first-order valence-electron chi connectivity index (χ1n) is 5.68. The molecule has 106 valence electrons. The molecule has 9 heteroatoms. The van der Waals surface area contributed by atoms with Gasteiger partial charge < -0.3 is 15.6 Å². The van der Waals surface area contributed by atoms with Crippen LogP contribution in [0.2, 0.25) is 0 Å². The number of nitrogens with zero attached hydrogens (tertiary/aromatic N) is 1. The standard InChI is InChI=1S/C9H19N3O5S/c10-8(9(13)14)1-4-12(18(11,15)16)7-2-5-17-6-3-7/h7-8H,1-6,10H2,(H,13,14)(H2,11,15,16)/t8-/m0/s1. The van der Waals surface area contributed by atoms with E-state index < -0.39 is 22.2 Å². The fourth-order valence-electron chi connectivity index (χ4n) is 1.88. The lowest BCUT2D eigenvalue weighted by Gasteiger charge is -2.32. The van der Waals surface area contributed by atoms with Gasteiger partial charge >= 0.3 is 5.97 Å². The van der Waals surface area contributed by atoms with Crippen LogP contribution in [-0.2, 0) is 19.7 Å². The highest BCUT2D eigenvalue weighted by Crippen LogP contribution is 2.17. The van der Waals surface area contributed by atoms with Crippen LogP contribution < -0.4 is 10.9 Å². The molecule has 0 saturated carbocycles. The van der Waals surface area contributed by atoms with Crippen LogP contribution in [0.15, 0.2) is 0 Å². The van der Waals surface area contributed by atoms with Gasteiger partial charge in [-0.1, -0.05) is 0 Å². The van der Waals surface area contributed by atoms with Crippen LogP contribution in [0, 0.1) is 0 Å². The van der Waals surface area contributed by atoms with Crippen molar-refractivity contribution in [2.75, 3.05) is 19.8 Å². The van der Waals surface area contributed by atoms with Crippen LogP contribution in [0.1, 0.15) is 19.3 Å². The number of ether oxygens (including phenoxy) is 1. The summed E-state index contributed by atoms with van der Waals surface area (Å²) in [7, 11) is -3.86. The molecule has 1 saturated heterocycles. The average Bonchev–Trinajstić information content (AvgIpc) is 2.28. The number of nitrogens with two attached hydrogens (primary N) is 2. The molecule has 0 unspecified atom stereocenters. The normalized spacial score (nSPS) is 19.9. The van der Waals surface area contributed by atoms with E-state index in [1.165, 1.54) is 0 Å². The Labute approximate surface area is 106 Å². The molecule has 0 amide bonds. The highest BCUT2D eigenvalue weighted by Gasteiger charge is 2.29. The number of carbonyl (C=O) groups is 1. The second-order valence-electron chi connectivity index (χ2n) is 4.23.